The van der Waals surface area contributed by atoms with Crippen molar-refractivity contribution in [2.45, 2.75) is 25.3 Å². The van der Waals surface area contributed by atoms with Gasteiger partial charge in [-0.1, -0.05) is 0 Å². The van der Waals surface area contributed by atoms with Crippen LogP contribution in [0.4, 0.5) is 4.79 Å². The molecule has 1 aliphatic heterocycles. The molecule has 0 radical (unpaired) electrons. The van der Waals surface area contributed by atoms with E-state index in [-0.39, 0.29) is 18.6 Å². The molecular formula is C10H13N3O3. The molecule has 6 nitrogen and oxygen atoms in total. The monoisotopic (exact) mass is 223 g/mol. The van der Waals surface area contributed by atoms with Crippen LogP contribution in [0, 0.1) is 0 Å². The van der Waals surface area contributed by atoms with Crippen molar-refractivity contribution in [2.24, 2.45) is 0 Å². The van der Waals surface area contributed by atoms with E-state index in [9.17, 15) is 9.59 Å². The van der Waals surface area contributed by atoms with Gasteiger partial charge >= 0.3 is 6.09 Å². The lowest BCUT2D eigenvalue weighted by Crippen LogP contribution is -2.42. The highest BCUT2D eigenvalue weighted by atomic mass is 16.5. The molecular weight excluding hydrogens is 210 g/mol. The number of hydrogen-bond acceptors (Lipinski definition) is 4. The Kier molecular flexibility index (Phi) is 3.19. The number of nitrogens with one attached hydrogen (secondary N) is 1. The molecule has 1 aromatic heterocycles. The molecule has 1 aromatic rings. The lowest BCUT2D eigenvalue weighted by Gasteiger charge is -2.22. The molecule has 2 rings (SSSR count). The number of carbonyl (C=O) groups excluding carboxylic acids is 2. The van der Waals surface area contributed by atoms with Gasteiger partial charge in [-0.3, -0.25) is 4.79 Å². The van der Waals surface area contributed by atoms with Crippen molar-refractivity contribution < 1.29 is 14.3 Å². The number of amides is 1. The lowest BCUT2D eigenvalue weighted by atomic mass is 10.1. The Morgan fingerprint density at radius 3 is 3.25 bits per heavy atom. The molecule has 0 aliphatic carbocycles. The highest BCUT2D eigenvalue weighted by Gasteiger charge is 2.19. The van der Waals surface area contributed by atoms with E-state index < -0.39 is 6.09 Å². The summed E-state index contributed by atoms with van der Waals surface area (Å²) in [6.45, 7) is 0.211. The third-order valence-electron chi connectivity index (χ3n) is 2.44. The quantitative estimate of drug-likeness (QED) is 0.794. The summed E-state index contributed by atoms with van der Waals surface area (Å²) < 4.78 is 6.30. The molecule has 0 aromatic carbocycles. The molecule has 2 heterocycles. The Labute approximate surface area is 92.6 Å². The third-order valence-corrected chi connectivity index (χ3v) is 2.44. The first-order valence-electron chi connectivity index (χ1n) is 5.20. The molecule has 0 spiro atoms. The van der Waals surface area contributed by atoms with Gasteiger partial charge in [0.2, 0.25) is 5.91 Å². The van der Waals surface area contributed by atoms with Crippen LogP contribution in [0.1, 0.15) is 19.3 Å². The van der Waals surface area contributed by atoms with Gasteiger partial charge in [-0.2, -0.15) is 0 Å². The van der Waals surface area contributed by atoms with E-state index in [1.807, 2.05) is 0 Å². The number of rotatable bonds is 2. The number of carbonyl (C=O) groups is 2. The van der Waals surface area contributed by atoms with Gasteiger partial charge < -0.3 is 10.1 Å². The molecule has 1 atom stereocenters. The van der Waals surface area contributed by atoms with Crippen LogP contribution in [0.2, 0.25) is 0 Å². The summed E-state index contributed by atoms with van der Waals surface area (Å²) in [6, 6.07) is -0.0614. The van der Waals surface area contributed by atoms with Gasteiger partial charge in [-0.15, -0.1) is 0 Å². The number of piperidine rings is 1. The molecule has 6 heteroatoms. The minimum Gasteiger partial charge on any atom is -0.447 e. The van der Waals surface area contributed by atoms with Gasteiger partial charge in [0.25, 0.3) is 0 Å². The van der Waals surface area contributed by atoms with Crippen LogP contribution in [0.3, 0.4) is 0 Å². The average Bonchev–Trinajstić information content (AvgIpc) is 2.79. The topological polar surface area (TPSA) is 73.2 Å². The summed E-state index contributed by atoms with van der Waals surface area (Å²) in [6.07, 6.45) is 6.18. The number of nitrogens with zero attached hydrogens (tertiary/aromatic N) is 2. The minimum absolute atomic E-state index is 0.0231. The number of imidazole rings is 1. The zero-order chi connectivity index (χ0) is 11.4. The lowest BCUT2D eigenvalue weighted by molar-refractivity contribution is -0.123. The van der Waals surface area contributed by atoms with Crippen LogP contribution in [0.25, 0.3) is 0 Å². The van der Waals surface area contributed by atoms with Gasteiger partial charge in [0, 0.05) is 18.8 Å². The van der Waals surface area contributed by atoms with Gasteiger partial charge in [0.15, 0.2) is 0 Å². The average molecular weight is 223 g/mol. The molecule has 0 bridgehead atoms. The van der Waals surface area contributed by atoms with Crippen molar-refractivity contribution in [1.29, 1.82) is 0 Å². The second kappa shape index (κ2) is 4.78. The SMILES string of the molecule is O=C1CCCC(COC(=O)n2ccnc2)N1. The maximum atomic E-state index is 11.4. The zero-order valence-electron chi connectivity index (χ0n) is 8.76. The second-order valence-electron chi connectivity index (χ2n) is 3.70. The van der Waals surface area contributed by atoms with Crippen LogP contribution in [-0.4, -0.2) is 34.2 Å². The maximum Gasteiger partial charge on any atom is 0.419 e. The van der Waals surface area contributed by atoms with Crippen molar-refractivity contribution in [3.05, 3.63) is 18.7 Å². The molecule has 86 valence electrons. The molecule has 1 unspecified atom stereocenters. The first kappa shape index (κ1) is 10.7. The van der Waals surface area contributed by atoms with E-state index >= 15 is 0 Å². The number of hydrogen-bond donors (Lipinski definition) is 1. The molecule has 1 amide bonds. The van der Waals surface area contributed by atoms with Crippen LogP contribution < -0.4 is 5.32 Å². The van der Waals surface area contributed by atoms with Crippen LogP contribution in [0.5, 0.6) is 0 Å². The van der Waals surface area contributed by atoms with Gasteiger partial charge in [0.1, 0.15) is 12.9 Å². The molecule has 1 fully saturated rings. The first-order valence-corrected chi connectivity index (χ1v) is 5.20. The van der Waals surface area contributed by atoms with Crippen LogP contribution in [0.15, 0.2) is 18.7 Å². The van der Waals surface area contributed by atoms with E-state index in [4.69, 9.17) is 4.74 Å². The molecule has 0 saturated carbocycles. The Balaban J connectivity index is 1.79. The van der Waals surface area contributed by atoms with Crippen molar-refractivity contribution in [3.8, 4) is 0 Å². The standard InChI is InChI=1S/C10H13N3O3/c14-9-3-1-2-8(12-9)6-16-10(15)13-5-4-11-7-13/h4-5,7-8H,1-3,6H2,(H,12,14). The Hall–Kier alpha value is -1.85. The predicted octanol–water partition coefficient (Wildman–Crippen LogP) is 0.536. The predicted molar refractivity (Wildman–Crippen MR) is 54.8 cm³/mol. The van der Waals surface area contributed by atoms with Gasteiger partial charge in [-0.25, -0.2) is 14.3 Å². The fourth-order valence-corrected chi connectivity index (χ4v) is 1.62. The Morgan fingerprint density at radius 2 is 2.56 bits per heavy atom. The van der Waals surface area contributed by atoms with Crippen molar-refractivity contribution in [1.82, 2.24) is 14.9 Å². The normalized spacial score (nSPS) is 20.2. The van der Waals surface area contributed by atoms with E-state index in [1.54, 1.807) is 0 Å². The maximum absolute atomic E-state index is 11.4. The van der Waals surface area contributed by atoms with E-state index in [2.05, 4.69) is 10.3 Å². The fraction of sp³-hybridized carbons (Fsp3) is 0.500. The second-order valence-corrected chi connectivity index (χ2v) is 3.70. The van der Waals surface area contributed by atoms with Crippen molar-refractivity contribution in [2.75, 3.05) is 6.61 Å². The largest absolute Gasteiger partial charge is 0.447 e. The highest BCUT2D eigenvalue weighted by molar-refractivity contribution is 5.77. The van der Waals surface area contributed by atoms with Gasteiger partial charge in [0.05, 0.1) is 6.04 Å². The summed E-state index contributed by atoms with van der Waals surface area (Å²) >= 11 is 0. The van der Waals surface area contributed by atoms with Crippen molar-refractivity contribution in [3.63, 3.8) is 0 Å². The smallest absolute Gasteiger partial charge is 0.419 e. The highest BCUT2D eigenvalue weighted by Crippen LogP contribution is 2.08. The number of aromatic nitrogens is 2. The zero-order valence-corrected chi connectivity index (χ0v) is 8.76. The molecule has 1 saturated heterocycles. The summed E-state index contributed by atoms with van der Waals surface area (Å²) in [5.74, 6) is 0.0231. The van der Waals surface area contributed by atoms with E-state index in [1.165, 1.54) is 23.3 Å². The Morgan fingerprint density at radius 1 is 1.69 bits per heavy atom. The van der Waals surface area contributed by atoms with Crippen LogP contribution >= 0.6 is 0 Å². The first-order chi connectivity index (χ1) is 7.75. The van der Waals surface area contributed by atoms with E-state index in [0.717, 1.165) is 12.8 Å². The molecule has 1 aliphatic rings. The summed E-state index contributed by atoms with van der Waals surface area (Å²) in [7, 11) is 0. The number of ether oxygens (including phenoxy) is 1. The van der Waals surface area contributed by atoms with E-state index in [0.29, 0.717) is 6.42 Å². The van der Waals surface area contributed by atoms with Crippen molar-refractivity contribution >= 4 is 12.0 Å². The summed E-state index contributed by atoms with van der Waals surface area (Å²) in [5, 5.41) is 2.78. The Bertz CT molecular complexity index is 375. The van der Waals surface area contributed by atoms with Gasteiger partial charge in [-0.05, 0) is 12.8 Å². The third kappa shape index (κ3) is 2.59. The summed E-state index contributed by atoms with van der Waals surface area (Å²) in [5.41, 5.74) is 0. The summed E-state index contributed by atoms with van der Waals surface area (Å²) in [4.78, 5) is 26.2. The molecule has 16 heavy (non-hydrogen) atoms. The molecule has 1 N–H and O–H groups in total. The van der Waals surface area contributed by atoms with Crippen LogP contribution in [-0.2, 0) is 9.53 Å². The minimum atomic E-state index is -0.475. The fourth-order valence-electron chi connectivity index (χ4n) is 1.62.